The molecule has 2 heterocycles. The van der Waals surface area contributed by atoms with Crippen LogP contribution < -0.4 is 5.32 Å². The van der Waals surface area contributed by atoms with E-state index < -0.39 is 0 Å². The number of amides is 1. The summed E-state index contributed by atoms with van der Waals surface area (Å²) < 4.78 is 0. The summed E-state index contributed by atoms with van der Waals surface area (Å²) >= 11 is 1.65. The largest absolute Gasteiger partial charge is 0.347 e. The van der Waals surface area contributed by atoms with E-state index in [0.29, 0.717) is 0 Å². The van der Waals surface area contributed by atoms with Crippen molar-refractivity contribution in [2.45, 2.75) is 45.1 Å². The lowest BCUT2D eigenvalue weighted by Gasteiger charge is -2.10. The third-order valence-electron chi connectivity index (χ3n) is 3.75. The standard InChI is InChI=1S/C15H19N3OS/c1-10(14-16-7-8-17-14)18-15(19)13-9-11-5-3-2-4-6-12(11)20-13/h7-10H,2-6H2,1H3,(H,16,17)(H,18,19). The van der Waals surface area contributed by atoms with Crippen LogP contribution in [0.25, 0.3) is 0 Å². The predicted molar refractivity (Wildman–Crippen MR) is 80.0 cm³/mol. The first-order valence-corrected chi connectivity index (χ1v) is 7.97. The molecule has 0 aliphatic heterocycles. The normalized spacial score (nSPS) is 16.2. The van der Waals surface area contributed by atoms with Gasteiger partial charge < -0.3 is 10.3 Å². The number of aromatic amines is 1. The van der Waals surface area contributed by atoms with Crippen molar-refractivity contribution in [3.05, 3.63) is 39.6 Å². The minimum absolute atomic E-state index is 0.00646. The van der Waals surface area contributed by atoms with Crippen molar-refractivity contribution >= 4 is 17.2 Å². The third-order valence-corrected chi connectivity index (χ3v) is 4.98. The van der Waals surface area contributed by atoms with Crippen LogP contribution in [0.4, 0.5) is 0 Å². The van der Waals surface area contributed by atoms with Crippen molar-refractivity contribution in [3.63, 3.8) is 0 Å². The number of imidazole rings is 1. The maximum Gasteiger partial charge on any atom is 0.261 e. The molecule has 20 heavy (non-hydrogen) atoms. The molecule has 1 atom stereocenters. The predicted octanol–water partition coefficient (Wildman–Crippen LogP) is 3.23. The molecule has 2 aromatic heterocycles. The van der Waals surface area contributed by atoms with E-state index in [1.54, 1.807) is 23.7 Å². The zero-order valence-electron chi connectivity index (χ0n) is 11.6. The second-order valence-corrected chi connectivity index (χ2v) is 6.43. The van der Waals surface area contributed by atoms with Gasteiger partial charge in [-0.3, -0.25) is 4.79 Å². The molecule has 2 aromatic rings. The highest BCUT2D eigenvalue weighted by Gasteiger charge is 2.18. The number of hydrogen-bond acceptors (Lipinski definition) is 3. The summed E-state index contributed by atoms with van der Waals surface area (Å²) in [5.74, 6) is 0.795. The lowest BCUT2D eigenvalue weighted by molar-refractivity contribution is 0.0942. The second-order valence-electron chi connectivity index (χ2n) is 5.29. The van der Waals surface area contributed by atoms with Crippen molar-refractivity contribution in [2.24, 2.45) is 0 Å². The monoisotopic (exact) mass is 289 g/mol. The van der Waals surface area contributed by atoms with Gasteiger partial charge in [0.15, 0.2) is 0 Å². The Hall–Kier alpha value is -1.62. The Morgan fingerprint density at radius 1 is 1.40 bits per heavy atom. The molecule has 0 saturated carbocycles. The topological polar surface area (TPSA) is 57.8 Å². The molecule has 0 radical (unpaired) electrons. The van der Waals surface area contributed by atoms with Crippen LogP contribution in [0.5, 0.6) is 0 Å². The zero-order chi connectivity index (χ0) is 13.9. The van der Waals surface area contributed by atoms with E-state index in [2.05, 4.69) is 21.4 Å². The lowest BCUT2D eigenvalue weighted by atomic mass is 10.1. The molecule has 1 amide bonds. The summed E-state index contributed by atoms with van der Waals surface area (Å²) in [5.41, 5.74) is 1.38. The zero-order valence-corrected chi connectivity index (χ0v) is 12.4. The average Bonchev–Trinajstić information content (AvgIpc) is 3.05. The molecule has 0 spiro atoms. The minimum atomic E-state index is -0.0978. The van der Waals surface area contributed by atoms with E-state index in [9.17, 15) is 4.79 Å². The number of H-pyrrole nitrogens is 1. The molecule has 3 rings (SSSR count). The van der Waals surface area contributed by atoms with Crippen molar-refractivity contribution < 1.29 is 4.79 Å². The summed E-state index contributed by atoms with van der Waals surface area (Å²) in [4.78, 5) is 21.7. The first kappa shape index (κ1) is 13.4. The van der Waals surface area contributed by atoms with Crippen LogP contribution in [0.1, 0.15) is 58.2 Å². The molecule has 106 valence electrons. The van der Waals surface area contributed by atoms with E-state index >= 15 is 0 Å². The van der Waals surface area contributed by atoms with Gasteiger partial charge in [0.1, 0.15) is 5.82 Å². The van der Waals surface area contributed by atoms with Gasteiger partial charge in [-0.1, -0.05) is 6.42 Å². The minimum Gasteiger partial charge on any atom is -0.347 e. The van der Waals surface area contributed by atoms with Crippen LogP contribution in [-0.4, -0.2) is 15.9 Å². The summed E-state index contributed by atoms with van der Waals surface area (Å²) in [7, 11) is 0. The molecule has 0 fully saturated rings. The smallest absolute Gasteiger partial charge is 0.261 e. The third kappa shape index (κ3) is 2.77. The van der Waals surface area contributed by atoms with Gasteiger partial charge in [0, 0.05) is 17.3 Å². The Bertz CT molecular complexity index is 565. The second kappa shape index (κ2) is 5.79. The Morgan fingerprint density at radius 3 is 3.05 bits per heavy atom. The molecule has 4 nitrogen and oxygen atoms in total. The van der Waals surface area contributed by atoms with Crippen LogP contribution in [0.3, 0.4) is 0 Å². The van der Waals surface area contributed by atoms with Gasteiger partial charge in [0.25, 0.3) is 5.91 Å². The van der Waals surface area contributed by atoms with Crippen molar-refractivity contribution in [3.8, 4) is 0 Å². The van der Waals surface area contributed by atoms with Crippen LogP contribution in [0, 0.1) is 0 Å². The quantitative estimate of drug-likeness (QED) is 0.852. The number of aromatic nitrogens is 2. The highest BCUT2D eigenvalue weighted by molar-refractivity contribution is 7.14. The fraction of sp³-hybridized carbons (Fsp3) is 0.467. The molecule has 0 saturated heterocycles. The molecular formula is C15H19N3OS. The average molecular weight is 289 g/mol. The number of carbonyl (C=O) groups excluding carboxylic acids is 1. The molecule has 1 aliphatic rings. The van der Waals surface area contributed by atoms with E-state index in [0.717, 1.165) is 23.5 Å². The summed E-state index contributed by atoms with van der Waals surface area (Å²) in [5, 5.41) is 3.00. The van der Waals surface area contributed by atoms with Crippen molar-refractivity contribution in [1.29, 1.82) is 0 Å². The van der Waals surface area contributed by atoms with Gasteiger partial charge in [-0.05, 0) is 44.2 Å². The maximum atomic E-state index is 12.3. The molecular weight excluding hydrogens is 270 g/mol. The number of fused-ring (bicyclic) bond motifs is 1. The Kier molecular flexibility index (Phi) is 3.87. The lowest BCUT2D eigenvalue weighted by Crippen LogP contribution is -2.26. The van der Waals surface area contributed by atoms with Crippen molar-refractivity contribution in [2.75, 3.05) is 0 Å². The Morgan fingerprint density at radius 2 is 2.25 bits per heavy atom. The molecule has 0 aromatic carbocycles. The van der Waals surface area contributed by atoms with E-state index in [1.165, 1.54) is 29.7 Å². The van der Waals surface area contributed by atoms with Gasteiger partial charge in [0.05, 0.1) is 10.9 Å². The summed E-state index contributed by atoms with van der Waals surface area (Å²) in [6, 6.07) is 1.98. The molecule has 2 N–H and O–H groups in total. The molecule has 1 aliphatic carbocycles. The first-order valence-electron chi connectivity index (χ1n) is 7.16. The van der Waals surface area contributed by atoms with E-state index in [4.69, 9.17) is 0 Å². The molecule has 1 unspecified atom stereocenters. The number of nitrogens with zero attached hydrogens (tertiary/aromatic N) is 1. The number of thiophene rings is 1. The number of hydrogen-bond donors (Lipinski definition) is 2. The maximum absolute atomic E-state index is 12.3. The van der Waals surface area contributed by atoms with Gasteiger partial charge in [-0.15, -0.1) is 11.3 Å². The highest BCUT2D eigenvalue weighted by Crippen LogP contribution is 2.29. The van der Waals surface area contributed by atoms with Crippen LogP contribution in [0.15, 0.2) is 18.5 Å². The van der Waals surface area contributed by atoms with Crippen LogP contribution in [-0.2, 0) is 12.8 Å². The van der Waals surface area contributed by atoms with Gasteiger partial charge in [-0.2, -0.15) is 0 Å². The van der Waals surface area contributed by atoms with Crippen LogP contribution in [0.2, 0.25) is 0 Å². The number of nitrogens with one attached hydrogen (secondary N) is 2. The van der Waals surface area contributed by atoms with Gasteiger partial charge >= 0.3 is 0 Å². The Balaban J connectivity index is 1.71. The molecule has 0 bridgehead atoms. The Labute approximate surface area is 122 Å². The van der Waals surface area contributed by atoms with Crippen molar-refractivity contribution in [1.82, 2.24) is 15.3 Å². The highest BCUT2D eigenvalue weighted by atomic mass is 32.1. The van der Waals surface area contributed by atoms with Gasteiger partial charge in [-0.25, -0.2) is 4.98 Å². The molecule has 5 heteroatoms. The summed E-state index contributed by atoms with van der Waals surface area (Å²) in [6.45, 7) is 1.94. The first-order chi connectivity index (χ1) is 9.74. The van der Waals surface area contributed by atoms with E-state index in [1.807, 2.05) is 6.92 Å². The van der Waals surface area contributed by atoms with Gasteiger partial charge in [0.2, 0.25) is 0 Å². The number of rotatable bonds is 3. The SMILES string of the molecule is CC(NC(=O)c1cc2c(s1)CCCCC2)c1ncc[nH]1. The number of aryl methyl sites for hydroxylation is 2. The fourth-order valence-electron chi connectivity index (χ4n) is 2.63. The number of carbonyl (C=O) groups is 1. The summed E-state index contributed by atoms with van der Waals surface area (Å²) in [6.07, 6.45) is 9.51. The fourth-order valence-corrected chi connectivity index (χ4v) is 3.79. The van der Waals surface area contributed by atoms with Crippen LogP contribution >= 0.6 is 11.3 Å². The van der Waals surface area contributed by atoms with E-state index in [-0.39, 0.29) is 11.9 Å².